The van der Waals surface area contributed by atoms with Crippen molar-refractivity contribution in [2.45, 2.75) is 32.1 Å². The molecule has 1 aromatic carbocycles. The number of ether oxygens (including phenoxy) is 4. The molecule has 0 amide bonds. The van der Waals surface area contributed by atoms with E-state index >= 15 is 0 Å². The number of methoxy groups -OCH3 is 3. The third kappa shape index (κ3) is 4.10. The summed E-state index contributed by atoms with van der Waals surface area (Å²) in [7, 11) is 4.91. The molecule has 1 saturated heterocycles. The zero-order valence-electron chi connectivity index (χ0n) is 17.5. The van der Waals surface area contributed by atoms with E-state index < -0.39 is 0 Å². The van der Waals surface area contributed by atoms with Gasteiger partial charge in [0.05, 0.1) is 40.2 Å². The summed E-state index contributed by atoms with van der Waals surface area (Å²) >= 11 is 0. The van der Waals surface area contributed by atoms with Crippen LogP contribution in [0, 0.1) is 0 Å². The molecule has 2 aliphatic rings. The first-order valence-electron chi connectivity index (χ1n) is 10.2. The minimum atomic E-state index is 0.609. The summed E-state index contributed by atoms with van der Waals surface area (Å²) in [6, 6.07) is 4.01. The predicted octanol–water partition coefficient (Wildman–Crippen LogP) is 2.81. The minimum Gasteiger partial charge on any atom is -0.493 e. The topological polar surface area (TPSA) is 65.9 Å². The molecule has 156 valence electrons. The first kappa shape index (κ1) is 19.8. The van der Waals surface area contributed by atoms with Crippen LogP contribution in [0.5, 0.6) is 17.2 Å². The molecule has 1 aliphatic carbocycles. The van der Waals surface area contributed by atoms with Crippen LogP contribution in [0.4, 0.5) is 5.95 Å². The fourth-order valence-electron chi connectivity index (χ4n) is 4.14. The SMILES string of the molecule is COc1cc(Cc2nc(N3CCOCC3)nc3c2CCCC3)cc(OC)c1OC. The van der Waals surface area contributed by atoms with Crippen LogP contribution in [-0.4, -0.2) is 57.6 Å². The predicted molar refractivity (Wildman–Crippen MR) is 111 cm³/mol. The number of benzene rings is 1. The summed E-state index contributed by atoms with van der Waals surface area (Å²) in [5.41, 5.74) is 4.70. The molecule has 0 atom stereocenters. The molecule has 0 saturated carbocycles. The lowest BCUT2D eigenvalue weighted by Crippen LogP contribution is -2.38. The molecule has 0 bridgehead atoms. The Labute approximate surface area is 172 Å². The van der Waals surface area contributed by atoms with Crippen molar-refractivity contribution >= 4 is 5.95 Å². The zero-order valence-corrected chi connectivity index (χ0v) is 17.5. The standard InChI is InChI=1S/C22H29N3O4/c1-26-19-13-15(14-20(27-2)21(19)28-3)12-18-16-6-4-5-7-17(16)23-22(24-18)25-8-10-29-11-9-25/h13-14H,4-12H2,1-3H3. The lowest BCUT2D eigenvalue weighted by atomic mass is 9.92. The van der Waals surface area contributed by atoms with E-state index in [4.69, 9.17) is 28.9 Å². The van der Waals surface area contributed by atoms with Crippen LogP contribution in [0.1, 0.15) is 35.4 Å². The van der Waals surface area contributed by atoms with Gasteiger partial charge in [-0.05, 0) is 48.9 Å². The molecule has 0 unspecified atom stereocenters. The van der Waals surface area contributed by atoms with Gasteiger partial charge in [-0.3, -0.25) is 0 Å². The molecule has 1 aliphatic heterocycles. The summed E-state index contributed by atoms with van der Waals surface area (Å²) in [6.45, 7) is 3.12. The smallest absolute Gasteiger partial charge is 0.225 e. The lowest BCUT2D eigenvalue weighted by molar-refractivity contribution is 0.122. The van der Waals surface area contributed by atoms with Crippen LogP contribution in [0.2, 0.25) is 0 Å². The van der Waals surface area contributed by atoms with E-state index in [1.165, 1.54) is 24.1 Å². The minimum absolute atomic E-state index is 0.609. The Bertz CT molecular complexity index is 840. The highest BCUT2D eigenvalue weighted by molar-refractivity contribution is 5.54. The molecular weight excluding hydrogens is 370 g/mol. The third-order valence-corrected chi connectivity index (χ3v) is 5.65. The second-order valence-electron chi connectivity index (χ2n) is 7.41. The van der Waals surface area contributed by atoms with Crippen molar-refractivity contribution in [2.75, 3.05) is 52.5 Å². The maximum absolute atomic E-state index is 5.53. The van der Waals surface area contributed by atoms with Gasteiger partial charge in [-0.25, -0.2) is 9.97 Å². The van der Waals surface area contributed by atoms with E-state index in [1.807, 2.05) is 12.1 Å². The van der Waals surface area contributed by atoms with Crippen LogP contribution in [0.25, 0.3) is 0 Å². The van der Waals surface area contributed by atoms with Crippen molar-refractivity contribution in [1.29, 1.82) is 0 Å². The molecule has 0 radical (unpaired) electrons. The number of aromatic nitrogens is 2. The molecule has 1 aromatic heterocycles. The van der Waals surface area contributed by atoms with Crippen LogP contribution in [0.3, 0.4) is 0 Å². The van der Waals surface area contributed by atoms with Crippen LogP contribution in [-0.2, 0) is 24.0 Å². The summed E-state index contributed by atoms with van der Waals surface area (Å²) in [5.74, 6) is 2.77. The van der Waals surface area contributed by atoms with Gasteiger partial charge in [0.15, 0.2) is 11.5 Å². The Hall–Kier alpha value is -2.54. The van der Waals surface area contributed by atoms with Gasteiger partial charge in [0.25, 0.3) is 0 Å². The molecular formula is C22H29N3O4. The number of nitrogens with zero attached hydrogens (tertiary/aromatic N) is 3. The fraction of sp³-hybridized carbons (Fsp3) is 0.545. The van der Waals surface area contributed by atoms with Gasteiger partial charge in [-0.15, -0.1) is 0 Å². The van der Waals surface area contributed by atoms with Gasteiger partial charge in [-0.1, -0.05) is 0 Å². The molecule has 0 spiro atoms. The second kappa shape index (κ2) is 8.86. The van der Waals surface area contributed by atoms with E-state index in [2.05, 4.69) is 4.90 Å². The highest BCUT2D eigenvalue weighted by atomic mass is 16.5. The number of hydrogen-bond donors (Lipinski definition) is 0. The first-order valence-corrected chi connectivity index (χ1v) is 10.2. The molecule has 0 N–H and O–H groups in total. The van der Waals surface area contributed by atoms with Crippen molar-refractivity contribution in [1.82, 2.24) is 9.97 Å². The zero-order chi connectivity index (χ0) is 20.2. The second-order valence-corrected chi connectivity index (χ2v) is 7.41. The monoisotopic (exact) mass is 399 g/mol. The van der Waals surface area contributed by atoms with E-state index in [1.54, 1.807) is 21.3 Å². The summed E-state index contributed by atoms with van der Waals surface area (Å²) < 4.78 is 22.0. The molecule has 7 heteroatoms. The first-order chi connectivity index (χ1) is 14.2. The van der Waals surface area contributed by atoms with Gasteiger partial charge < -0.3 is 23.8 Å². The average molecular weight is 399 g/mol. The van der Waals surface area contributed by atoms with Gasteiger partial charge in [0, 0.05) is 25.2 Å². The number of morpholine rings is 1. The maximum Gasteiger partial charge on any atom is 0.225 e. The normalized spacial score (nSPS) is 16.3. The van der Waals surface area contributed by atoms with Crippen molar-refractivity contribution in [3.8, 4) is 17.2 Å². The Kier molecular flexibility index (Phi) is 6.04. The van der Waals surface area contributed by atoms with Crippen LogP contribution < -0.4 is 19.1 Å². The van der Waals surface area contributed by atoms with Crippen molar-refractivity contribution in [3.05, 3.63) is 34.6 Å². The van der Waals surface area contributed by atoms with E-state index in [-0.39, 0.29) is 0 Å². The Balaban J connectivity index is 1.72. The number of anilines is 1. The molecule has 4 rings (SSSR count). The molecule has 2 heterocycles. The van der Waals surface area contributed by atoms with Gasteiger partial charge in [0.2, 0.25) is 11.7 Å². The van der Waals surface area contributed by atoms with Crippen LogP contribution in [0.15, 0.2) is 12.1 Å². The largest absolute Gasteiger partial charge is 0.493 e. The van der Waals surface area contributed by atoms with E-state index in [9.17, 15) is 0 Å². The highest BCUT2D eigenvalue weighted by Crippen LogP contribution is 2.39. The Morgan fingerprint density at radius 2 is 1.62 bits per heavy atom. The van der Waals surface area contributed by atoms with Crippen molar-refractivity contribution in [2.24, 2.45) is 0 Å². The lowest BCUT2D eigenvalue weighted by Gasteiger charge is -2.29. The Morgan fingerprint density at radius 1 is 0.931 bits per heavy atom. The van der Waals surface area contributed by atoms with Gasteiger partial charge >= 0.3 is 0 Å². The molecule has 7 nitrogen and oxygen atoms in total. The molecule has 1 fully saturated rings. The number of fused-ring (bicyclic) bond motifs is 1. The third-order valence-electron chi connectivity index (χ3n) is 5.65. The molecule has 2 aromatic rings. The summed E-state index contributed by atoms with van der Waals surface area (Å²) in [4.78, 5) is 12.2. The highest BCUT2D eigenvalue weighted by Gasteiger charge is 2.22. The number of aryl methyl sites for hydroxylation is 1. The van der Waals surface area contributed by atoms with Crippen molar-refractivity contribution < 1.29 is 18.9 Å². The average Bonchev–Trinajstić information content (AvgIpc) is 2.78. The van der Waals surface area contributed by atoms with Crippen molar-refractivity contribution in [3.63, 3.8) is 0 Å². The summed E-state index contributed by atoms with van der Waals surface area (Å²) in [5, 5.41) is 0. The molecule has 29 heavy (non-hydrogen) atoms. The van der Waals surface area contributed by atoms with Gasteiger partial charge in [0.1, 0.15) is 0 Å². The number of hydrogen-bond acceptors (Lipinski definition) is 7. The van der Waals surface area contributed by atoms with E-state index in [0.717, 1.165) is 56.4 Å². The van der Waals surface area contributed by atoms with Crippen LogP contribution >= 0.6 is 0 Å². The fourth-order valence-corrected chi connectivity index (χ4v) is 4.14. The Morgan fingerprint density at radius 3 is 2.28 bits per heavy atom. The quantitative estimate of drug-likeness (QED) is 0.740. The van der Waals surface area contributed by atoms with E-state index in [0.29, 0.717) is 23.7 Å². The van der Waals surface area contributed by atoms with Gasteiger partial charge in [-0.2, -0.15) is 0 Å². The maximum atomic E-state index is 5.53. The summed E-state index contributed by atoms with van der Waals surface area (Å²) in [6.07, 6.45) is 5.15. The number of rotatable bonds is 6.